The number of aryl methyl sites for hydroxylation is 1. The third-order valence-corrected chi connectivity index (χ3v) is 5.74. The molecule has 130 valence electrons. The summed E-state index contributed by atoms with van der Waals surface area (Å²) < 4.78 is 30.7. The molecule has 3 rings (SSSR count). The Balaban J connectivity index is 1.79. The molecule has 1 heterocycles. The largest absolute Gasteiger partial charge is 0.377 e. The molecule has 2 aromatic carbocycles. The lowest BCUT2D eigenvalue weighted by molar-refractivity contribution is 0.487. The smallest absolute Gasteiger partial charge is 0.339 e. The topological polar surface area (TPSA) is 68.3 Å². The van der Waals surface area contributed by atoms with Crippen LogP contribution in [0, 0.1) is 6.92 Å². The maximum Gasteiger partial charge on any atom is 0.339 e. The summed E-state index contributed by atoms with van der Waals surface area (Å²) in [6, 6.07) is 13.4. The lowest BCUT2D eigenvalue weighted by Gasteiger charge is -2.12. The number of rotatable bonds is 6. The standard InChI is InChI=1S/C17H15ClN2O3S2/c1-12-6-8-14(9-7-12)25(21,22)23-16-5-3-2-4-15(16)19-10-13-11-20-17(18)24-13/h2-9,11,19H,10H2,1H3. The van der Waals surface area contributed by atoms with Crippen molar-refractivity contribution in [2.75, 3.05) is 5.32 Å². The summed E-state index contributed by atoms with van der Waals surface area (Å²) >= 11 is 7.17. The van der Waals surface area contributed by atoms with E-state index in [0.717, 1.165) is 10.4 Å². The SMILES string of the molecule is Cc1ccc(S(=O)(=O)Oc2ccccc2NCc2cnc(Cl)s2)cc1. The van der Waals surface area contributed by atoms with Gasteiger partial charge in [0.25, 0.3) is 0 Å². The number of benzene rings is 2. The molecule has 8 heteroatoms. The van der Waals surface area contributed by atoms with Crippen molar-refractivity contribution in [3.8, 4) is 5.75 Å². The molecule has 0 atom stereocenters. The van der Waals surface area contributed by atoms with E-state index in [1.807, 2.05) is 6.92 Å². The normalized spacial score (nSPS) is 11.3. The Morgan fingerprint density at radius 1 is 1.16 bits per heavy atom. The molecule has 0 saturated heterocycles. The number of thiazole rings is 1. The van der Waals surface area contributed by atoms with Gasteiger partial charge in [-0.2, -0.15) is 8.42 Å². The van der Waals surface area contributed by atoms with E-state index in [2.05, 4.69) is 10.3 Å². The first-order valence-corrected chi connectivity index (χ1v) is 9.98. The quantitative estimate of drug-likeness (QED) is 0.624. The van der Waals surface area contributed by atoms with Crippen molar-refractivity contribution in [2.45, 2.75) is 18.4 Å². The van der Waals surface area contributed by atoms with Gasteiger partial charge in [0.2, 0.25) is 0 Å². The first-order chi connectivity index (χ1) is 11.9. The molecule has 0 bridgehead atoms. The summed E-state index contributed by atoms with van der Waals surface area (Å²) in [6.45, 7) is 2.36. The van der Waals surface area contributed by atoms with Gasteiger partial charge in [-0.25, -0.2) is 4.98 Å². The van der Waals surface area contributed by atoms with Crippen LogP contribution in [0.1, 0.15) is 10.4 Å². The molecule has 1 N–H and O–H groups in total. The molecule has 0 aliphatic rings. The molecule has 25 heavy (non-hydrogen) atoms. The lowest BCUT2D eigenvalue weighted by atomic mass is 10.2. The Kier molecular flexibility index (Phi) is 5.27. The highest BCUT2D eigenvalue weighted by molar-refractivity contribution is 7.87. The second-order valence-electron chi connectivity index (χ2n) is 5.28. The number of halogens is 1. The van der Waals surface area contributed by atoms with Crippen LogP contribution in [0.5, 0.6) is 5.75 Å². The number of hydrogen-bond acceptors (Lipinski definition) is 6. The van der Waals surface area contributed by atoms with Gasteiger partial charge in [0.05, 0.1) is 12.2 Å². The Morgan fingerprint density at radius 3 is 2.56 bits per heavy atom. The van der Waals surface area contributed by atoms with Crippen molar-refractivity contribution < 1.29 is 12.6 Å². The predicted molar refractivity (Wildman–Crippen MR) is 99.9 cm³/mol. The van der Waals surface area contributed by atoms with Crippen molar-refractivity contribution in [1.82, 2.24) is 4.98 Å². The molecule has 5 nitrogen and oxygen atoms in total. The second-order valence-corrected chi connectivity index (χ2v) is 8.52. The first kappa shape index (κ1) is 17.7. The van der Waals surface area contributed by atoms with E-state index >= 15 is 0 Å². The third kappa shape index (κ3) is 4.50. The molecule has 0 unspecified atom stereocenters. The third-order valence-electron chi connectivity index (χ3n) is 3.37. The molecule has 3 aromatic rings. The first-order valence-electron chi connectivity index (χ1n) is 7.38. The molecule has 1 aromatic heterocycles. The molecule has 0 spiro atoms. The van der Waals surface area contributed by atoms with E-state index in [4.69, 9.17) is 15.8 Å². The zero-order chi connectivity index (χ0) is 17.9. The molecule has 0 aliphatic heterocycles. The summed E-state index contributed by atoms with van der Waals surface area (Å²) in [6.07, 6.45) is 1.67. The summed E-state index contributed by atoms with van der Waals surface area (Å²) in [5.41, 5.74) is 1.55. The molecule has 0 radical (unpaired) electrons. The average Bonchev–Trinajstić information content (AvgIpc) is 2.99. The van der Waals surface area contributed by atoms with Crippen molar-refractivity contribution in [2.24, 2.45) is 0 Å². The summed E-state index contributed by atoms with van der Waals surface area (Å²) in [5, 5.41) is 3.15. The van der Waals surface area contributed by atoms with Crippen molar-refractivity contribution in [1.29, 1.82) is 0 Å². The fourth-order valence-corrected chi connectivity index (χ4v) is 3.97. The highest BCUT2D eigenvalue weighted by atomic mass is 35.5. The van der Waals surface area contributed by atoms with Crippen LogP contribution in [-0.4, -0.2) is 13.4 Å². The van der Waals surface area contributed by atoms with Gasteiger partial charge in [0.1, 0.15) is 4.90 Å². The van der Waals surface area contributed by atoms with E-state index in [9.17, 15) is 8.42 Å². The Hall–Kier alpha value is -2.09. The van der Waals surface area contributed by atoms with Crippen LogP contribution >= 0.6 is 22.9 Å². The van der Waals surface area contributed by atoms with E-state index in [-0.39, 0.29) is 10.6 Å². The van der Waals surface area contributed by atoms with Crippen LogP contribution in [0.3, 0.4) is 0 Å². The molecule has 0 amide bonds. The van der Waals surface area contributed by atoms with Gasteiger partial charge in [0.15, 0.2) is 10.2 Å². The molecule has 0 saturated carbocycles. The number of aromatic nitrogens is 1. The lowest BCUT2D eigenvalue weighted by Crippen LogP contribution is -2.11. The Morgan fingerprint density at radius 2 is 1.88 bits per heavy atom. The fraction of sp³-hybridized carbons (Fsp3) is 0.118. The van der Waals surface area contributed by atoms with Crippen LogP contribution in [0.25, 0.3) is 0 Å². The minimum absolute atomic E-state index is 0.113. The van der Waals surface area contributed by atoms with Crippen LogP contribution in [0.2, 0.25) is 4.47 Å². The number of para-hydroxylation sites is 2. The Bertz CT molecular complexity index is 970. The van der Waals surface area contributed by atoms with E-state index in [1.54, 1.807) is 42.6 Å². The van der Waals surface area contributed by atoms with E-state index in [0.29, 0.717) is 16.7 Å². The molecular formula is C17H15ClN2O3S2. The number of anilines is 1. The maximum atomic E-state index is 12.5. The van der Waals surface area contributed by atoms with Gasteiger partial charge >= 0.3 is 10.1 Å². The number of nitrogens with zero attached hydrogens (tertiary/aromatic N) is 1. The minimum atomic E-state index is -3.90. The number of nitrogens with one attached hydrogen (secondary N) is 1. The van der Waals surface area contributed by atoms with E-state index in [1.165, 1.54) is 23.5 Å². The van der Waals surface area contributed by atoms with Crippen molar-refractivity contribution in [3.63, 3.8) is 0 Å². The summed E-state index contributed by atoms with van der Waals surface area (Å²) in [4.78, 5) is 5.02. The minimum Gasteiger partial charge on any atom is -0.377 e. The van der Waals surface area contributed by atoms with Gasteiger partial charge in [-0.3, -0.25) is 0 Å². The highest BCUT2D eigenvalue weighted by Crippen LogP contribution is 2.28. The zero-order valence-electron chi connectivity index (χ0n) is 13.3. The van der Waals surface area contributed by atoms with Crippen molar-refractivity contribution >= 4 is 38.7 Å². The fourth-order valence-electron chi connectivity index (χ4n) is 2.10. The maximum absolute atomic E-state index is 12.5. The van der Waals surface area contributed by atoms with Crippen LogP contribution in [0.4, 0.5) is 5.69 Å². The molecule has 0 fully saturated rings. The molecule has 0 aliphatic carbocycles. The second kappa shape index (κ2) is 7.43. The zero-order valence-corrected chi connectivity index (χ0v) is 15.7. The van der Waals surface area contributed by atoms with Gasteiger partial charge < -0.3 is 9.50 Å². The molecular weight excluding hydrogens is 380 g/mol. The van der Waals surface area contributed by atoms with Gasteiger partial charge in [-0.15, -0.1) is 11.3 Å². The predicted octanol–water partition coefficient (Wildman–Crippen LogP) is 4.48. The van der Waals surface area contributed by atoms with Crippen molar-refractivity contribution in [3.05, 3.63) is 69.6 Å². The van der Waals surface area contributed by atoms with Crippen LogP contribution < -0.4 is 9.50 Å². The van der Waals surface area contributed by atoms with E-state index < -0.39 is 10.1 Å². The van der Waals surface area contributed by atoms with Crippen LogP contribution in [-0.2, 0) is 16.7 Å². The van der Waals surface area contributed by atoms with Gasteiger partial charge in [-0.1, -0.05) is 41.4 Å². The Labute approximate surface area is 155 Å². The van der Waals surface area contributed by atoms with Gasteiger partial charge in [0, 0.05) is 11.1 Å². The average molecular weight is 395 g/mol. The number of hydrogen-bond donors (Lipinski definition) is 1. The highest BCUT2D eigenvalue weighted by Gasteiger charge is 2.18. The summed E-state index contributed by atoms with van der Waals surface area (Å²) in [5.74, 6) is 0.235. The van der Waals surface area contributed by atoms with Gasteiger partial charge in [-0.05, 0) is 31.2 Å². The van der Waals surface area contributed by atoms with Crippen LogP contribution in [0.15, 0.2) is 59.6 Å². The monoisotopic (exact) mass is 394 g/mol. The summed E-state index contributed by atoms with van der Waals surface area (Å²) in [7, 11) is -3.90.